The van der Waals surface area contributed by atoms with Gasteiger partial charge in [-0.05, 0) is 118 Å². The first-order valence-corrected chi connectivity index (χ1v) is 29.5. The summed E-state index contributed by atoms with van der Waals surface area (Å²) < 4.78 is 23.9. The van der Waals surface area contributed by atoms with Crippen LogP contribution >= 0.6 is 23.2 Å². The molecule has 0 saturated carbocycles. The van der Waals surface area contributed by atoms with Crippen molar-refractivity contribution in [3.8, 4) is 80.1 Å². The van der Waals surface area contributed by atoms with Gasteiger partial charge in [-0.15, -0.1) is 0 Å². The zero-order valence-corrected chi connectivity index (χ0v) is 50.7. The van der Waals surface area contributed by atoms with Gasteiger partial charge in [0.05, 0.1) is 10.0 Å². The lowest BCUT2D eigenvalue weighted by atomic mass is 9.89. The van der Waals surface area contributed by atoms with Crippen LogP contribution < -0.4 is 51.8 Å². The van der Waals surface area contributed by atoms with Crippen LogP contribution in [0.4, 0.5) is 4.79 Å². The lowest BCUT2D eigenvalue weighted by molar-refractivity contribution is -0.143. The van der Waals surface area contributed by atoms with Crippen molar-refractivity contribution in [2.75, 3.05) is 0 Å². The van der Waals surface area contributed by atoms with Crippen LogP contribution in [0.25, 0.3) is 11.1 Å². The average Bonchev–Trinajstić information content (AvgIpc) is 0.772. The molecular weight excluding hydrogens is 1300 g/mol. The smallest absolute Gasteiger partial charge is 0.408 e. The number of aliphatic hydroxyl groups is 1. The van der Waals surface area contributed by atoms with E-state index in [0.717, 1.165) is 84.9 Å². The van der Waals surface area contributed by atoms with Gasteiger partial charge in [-0.1, -0.05) is 77.8 Å². The molecule has 8 atom stereocenters. The van der Waals surface area contributed by atoms with Gasteiger partial charge in [-0.25, -0.2) is 14.4 Å². The molecule has 8 aromatic rings. The largest absolute Gasteiger partial charge is 0.508 e. The van der Waals surface area contributed by atoms with E-state index in [4.69, 9.17) is 47.9 Å². The summed E-state index contributed by atoms with van der Waals surface area (Å²) >= 11 is 13.7. The number of aromatic hydroxyl groups is 6. The molecule has 15 bridgehead atoms. The zero-order chi connectivity index (χ0) is 68.5. The molecule has 0 radical (unpaired) electrons. The van der Waals surface area contributed by atoms with Gasteiger partial charge in [0.1, 0.15) is 89.2 Å². The Hall–Kier alpha value is -12.0. The molecule has 13 rings (SSSR count). The van der Waals surface area contributed by atoms with E-state index in [2.05, 4.69) is 31.9 Å². The van der Waals surface area contributed by atoms with Crippen LogP contribution in [0.5, 0.6) is 69.0 Å². The number of nitrogens with one attached hydrogen (secondary N) is 6. The molecule has 28 nitrogen and oxygen atoms in total. The Balaban J connectivity index is 1.07. The third-order valence-corrected chi connectivity index (χ3v) is 16.2. The second-order valence-corrected chi connectivity index (χ2v) is 22.9. The van der Waals surface area contributed by atoms with Crippen molar-refractivity contribution in [1.29, 1.82) is 0 Å². The van der Waals surface area contributed by atoms with E-state index in [9.17, 15) is 74.7 Å². The average molecular weight is 1350 g/mol. The van der Waals surface area contributed by atoms with E-state index in [0.29, 0.717) is 5.56 Å². The molecule has 0 aromatic heterocycles. The minimum absolute atomic E-state index is 0.118. The minimum Gasteiger partial charge on any atom is -0.508 e. The molecule has 492 valence electrons. The van der Waals surface area contributed by atoms with Crippen molar-refractivity contribution in [1.82, 2.24) is 31.9 Å². The van der Waals surface area contributed by atoms with Crippen LogP contribution in [-0.4, -0.2) is 106 Å². The number of aliphatic hydroxyl groups excluding tert-OH is 1. The fourth-order valence-corrected chi connectivity index (χ4v) is 11.3. The number of hydrogen-bond acceptors (Lipinski definition) is 20. The van der Waals surface area contributed by atoms with Gasteiger partial charge in [0.2, 0.25) is 35.3 Å². The van der Waals surface area contributed by atoms with Crippen molar-refractivity contribution in [2.24, 2.45) is 5.73 Å². The maximum atomic E-state index is 15.6. The number of phenolic OH excluding ortho intramolecular Hbond substituents is 6. The number of hydrogen-bond donors (Lipinski definition) is 16. The molecule has 0 fully saturated rings. The molecule has 0 unspecified atom stereocenters. The Bertz CT molecular complexity index is 4520. The normalized spacial score (nSPS) is 20.3. The molecule has 5 aliphatic heterocycles. The number of ether oxygens (including phenoxy) is 4. The number of fused-ring (bicyclic) bond motifs is 15. The molecule has 0 saturated heterocycles. The Morgan fingerprint density at radius 1 is 0.542 bits per heavy atom. The van der Waals surface area contributed by atoms with Crippen molar-refractivity contribution in [3.63, 3.8) is 0 Å². The first-order chi connectivity index (χ1) is 45.8. The van der Waals surface area contributed by atoms with Gasteiger partial charge in [0.15, 0.2) is 29.0 Å². The van der Waals surface area contributed by atoms with E-state index in [1.807, 2.05) is 0 Å². The first kappa shape index (κ1) is 65.5. The summed E-state index contributed by atoms with van der Waals surface area (Å²) in [5, 5.41) is 115. The molecule has 96 heavy (non-hydrogen) atoms. The third-order valence-electron chi connectivity index (χ3n) is 15.6. The summed E-state index contributed by atoms with van der Waals surface area (Å²) in [6.45, 7) is -0.256. The summed E-state index contributed by atoms with van der Waals surface area (Å²) in [6.07, 6.45) is -3.77. The van der Waals surface area contributed by atoms with Gasteiger partial charge < -0.3 is 103 Å². The fraction of sp³-hybridized carbons (Fsp3) is 0.152. The van der Waals surface area contributed by atoms with E-state index in [1.165, 1.54) is 30.3 Å². The summed E-state index contributed by atoms with van der Waals surface area (Å²) in [5.74, 6) is -16.5. The molecule has 5 heterocycles. The Morgan fingerprint density at radius 3 is 1.85 bits per heavy atom. The van der Waals surface area contributed by atoms with Gasteiger partial charge in [-0.3, -0.25) is 24.0 Å². The van der Waals surface area contributed by atoms with E-state index in [-0.39, 0.29) is 67.3 Å². The molecule has 5 aliphatic rings. The lowest BCUT2D eigenvalue weighted by Crippen LogP contribution is -2.55. The predicted molar refractivity (Wildman–Crippen MR) is 334 cm³/mol. The van der Waals surface area contributed by atoms with Crippen LogP contribution in [0.15, 0.2) is 146 Å². The molecular formula is C66H53Cl2N7O21. The number of benzene rings is 8. The van der Waals surface area contributed by atoms with Crippen molar-refractivity contribution < 1.29 is 103 Å². The van der Waals surface area contributed by atoms with Crippen LogP contribution in [0, 0.1) is 0 Å². The number of amides is 6. The quantitative estimate of drug-likeness (QED) is 0.0836. The van der Waals surface area contributed by atoms with Crippen LogP contribution in [-0.2, 0) is 51.3 Å². The standard InChI is InChI=1S/C66H53Cl2N7O21/c67-39-14-28-6-12-45(39)95-48-21-33-22-49(58(48)82)96-46-13-9-31(19-40(46)68)57(81)56-63(87)73-55(65(90)91)38-24-35(77)25-44(80)50(38)37-18-29(7-10-42(37)78)52(61(85)74-56)72-62(86)54(33)71-59(83)51(69)32-16-34(76)23-36(17-32)94-47-20-30(8-11-43(47)79)53(60(84)70-41(15-28)64(88)89)75-66(92)93-26-27-4-2-1-3-5-27/h1-14,16-25,41,51-57,76-82H,15,26,69H2,(H,70,84)(H,71,83)(H,72,86)(H,73,87)(H,74,85)(H,75,92)(H,88,89)(H,90,91)/t41-,51+,52-,53-,54-,55+,56+,57-/m1/s1. The first-order valence-electron chi connectivity index (χ1n) is 28.7. The SMILES string of the molecule is N[C@@H]1C(=O)N[C@H]2C(=O)N[C@H]3C(=O)N[C@H](C(=O)N[C@H](C(=O)O)c4cc(O)cc(O)c4-c4cc3ccc4O)[C@H](O)c3ccc(c(Cl)c3)Oc3cc2cc(c3O)Oc2ccc(cc2Cl)C[C@H](C(=O)O)NC(=O)[C@H](NC(=O)OCc2ccccc2)c2ccc(O)c(c2)Oc2cc(O)cc1c2. The third kappa shape index (κ3) is 13.9. The number of halogens is 2. The summed E-state index contributed by atoms with van der Waals surface area (Å²) in [6, 6.07) is 15.1. The van der Waals surface area contributed by atoms with Gasteiger partial charge in [0.25, 0.3) is 0 Å². The minimum atomic E-state index is -2.21. The molecule has 0 spiro atoms. The molecule has 0 aliphatic carbocycles. The number of phenols is 6. The zero-order valence-electron chi connectivity index (χ0n) is 49.1. The van der Waals surface area contributed by atoms with E-state index < -0.39 is 171 Å². The number of carbonyl (C=O) groups excluding carboxylic acids is 6. The monoisotopic (exact) mass is 1350 g/mol. The van der Waals surface area contributed by atoms with Crippen molar-refractivity contribution in [2.45, 2.75) is 61.4 Å². The van der Waals surface area contributed by atoms with E-state index in [1.54, 1.807) is 30.3 Å². The van der Waals surface area contributed by atoms with Crippen LogP contribution in [0.1, 0.15) is 80.8 Å². The number of aliphatic carboxylic acids is 2. The predicted octanol–water partition coefficient (Wildman–Crippen LogP) is 6.87. The van der Waals surface area contributed by atoms with Crippen LogP contribution in [0.2, 0.25) is 10.0 Å². The highest BCUT2D eigenvalue weighted by atomic mass is 35.5. The Kier molecular flexibility index (Phi) is 18.4. The molecule has 17 N–H and O–H groups in total. The Labute approximate surface area is 551 Å². The fourth-order valence-electron chi connectivity index (χ4n) is 10.9. The number of nitrogens with two attached hydrogens (primary N) is 1. The maximum absolute atomic E-state index is 15.6. The Morgan fingerprint density at radius 2 is 1.17 bits per heavy atom. The summed E-state index contributed by atoms with van der Waals surface area (Å²) in [7, 11) is 0. The topological polar surface area (TPSA) is 454 Å². The van der Waals surface area contributed by atoms with Crippen LogP contribution in [0.3, 0.4) is 0 Å². The van der Waals surface area contributed by atoms with Gasteiger partial charge >= 0.3 is 18.0 Å². The summed E-state index contributed by atoms with van der Waals surface area (Å²) in [4.78, 5) is 114. The number of carboxylic acid groups (broad SMARTS) is 2. The molecule has 30 heteroatoms. The highest BCUT2D eigenvalue weighted by Gasteiger charge is 2.41. The molecule has 6 amide bonds. The number of alkyl carbamates (subject to hydrolysis) is 1. The molecule has 8 aromatic carbocycles. The lowest BCUT2D eigenvalue weighted by Gasteiger charge is -2.31. The van der Waals surface area contributed by atoms with Crippen molar-refractivity contribution in [3.05, 3.63) is 200 Å². The summed E-state index contributed by atoms with van der Waals surface area (Å²) in [5.41, 5.74) is 4.72. The highest BCUT2D eigenvalue weighted by molar-refractivity contribution is 6.32. The number of carbonyl (C=O) groups is 8. The van der Waals surface area contributed by atoms with E-state index >= 15 is 9.59 Å². The highest BCUT2D eigenvalue weighted by Crippen LogP contribution is 2.48. The second-order valence-electron chi connectivity index (χ2n) is 22.1. The van der Waals surface area contributed by atoms with Crippen molar-refractivity contribution >= 4 is 70.8 Å². The van der Waals surface area contributed by atoms with Gasteiger partial charge in [-0.2, -0.15) is 0 Å². The number of rotatable bonds is 5. The maximum Gasteiger partial charge on any atom is 0.408 e. The second kappa shape index (κ2) is 26.9. The van der Waals surface area contributed by atoms with Gasteiger partial charge in [0, 0.05) is 35.2 Å². The number of carboxylic acids is 2.